The van der Waals surface area contributed by atoms with E-state index in [1.165, 1.54) is 5.69 Å². The van der Waals surface area contributed by atoms with E-state index >= 15 is 0 Å². The van der Waals surface area contributed by atoms with E-state index in [0.717, 1.165) is 23.1 Å². The molecule has 0 fully saturated rings. The summed E-state index contributed by atoms with van der Waals surface area (Å²) < 4.78 is 2.22. The molecule has 2 rings (SSSR count). The van der Waals surface area contributed by atoms with Gasteiger partial charge in [-0.15, -0.1) is 0 Å². The summed E-state index contributed by atoms with van der Waals surface area (Å²) >= 11 is 0. The minimum atomic E-state index is -0.192. The highest BCUT2D eigenvalue weighted by molar-refractivity contribution is 6.10. The number of benzene rings is 1. The van der Waals surface area contributed by atoms with Gasteiger partial charge in [0.05, 0.1) is 5.69 Å². The van der Waals surface area contributed by atoms with Crippen LogP contribution in [-0.2, 0) is 6.54 Å². The number of hydrogen-bond acceptors (Lipinski definition) is 4. The quantitative estimate of drug-likeness (QED) is 0.673. The van der Waals surface area contributed by atoms with Gasteiger partial charge in [0.15, 0.2) is 0 Å². The molecule has 19 heavy (non-hydrogen) atoms. The van der Waals surface area contributed by atoms with Crippen molar-refractivity contribution >= 4 is 22.3 Å². The average molecular weight is 251 g/mol. The van der Waals surface area contributed by atoms with Crippen molar-refractivity contribution in [1.82, 2.24) is 4.57 Å². The van der Waals surface area contributed by atoms with Crippen molar-refractivity contribution in [3.05, 3.63) is 30.0 Å². The minimum Gasteiger partial charge on any atom is -0.345 e. The van der Waals surface area contributed by atoms with Gasteiger partial charge in [-0.3, -0.25) is 5.43 Å². The van der Waals surface area contributed by atoms with E-state index in [1.54, 1.807) is 12.1 Å². The van der Waals surface area contributed by atoms with Gasteiger partial charge in [-0.1, -0.05) is 0 Å². The van der Waals surface area contributed by atoms with Crippen LogP contribution in [0, 0.1) is 29.6 Å². The Kier molecular flexibility index (Phi) is 3.49. The lowest BCUT2D eigenvalue weighted by molar-refractivity contribution is 0.770. The predicted octanol–water partition coefficient (Wildman–Crippen LogP) is 2.78. The monoisotopic (exact) mass is 251 g/mol. The second-order valence-corrected chi connectivity index (χ2v) is 4.10. The van der Waals surface area contributed by atoms with Crippen molar-refractivity contribution in [2.24, 2.45) is 5.10 Å². The Bertz CT molecular complexity index is 709. The lowest BCUT2D eigenvalue weighted by atomic mass is 10.2. The average Bonchev–Trinajstić information content (AvgIpc) is 2.74. The Morgan fingerprint density at radius 3 is 2.68 bits per heavy atom. The number of hydrazone groups is 1. The molecular formula is C14H13N5. The number of aryl methyl sites for hydroxylation is 2. The van der Waals surface area contributed by atoms with Crippen molar-refractivity contribution in [2.45, 2.75) is 20.4 Å². The largest absolute Gasteiger partial charge is 0.345 e. The fourth-order valence-electron chi connectivity index (χ4n) is 2.09. The van der Waals surface area contributed by atoms with E-state index in [0.29, 0.717) is 0 Å². The molecule has 0 amide bonds. The number of nitrogens with zero attached hydrogens (tertiary/aromatic N) is 4. The Morgan fingerprint density at radius 1 is 1.32 bits per heavy atom. The number of nitrogens with one attached hydrogen (secondary N) is 1. The molecule has 0 aliphatic heterocycles. The van der Waals surface area contributed by atoms with Crippen LogP contribution < -0.4 is 5.43 Å². The first-order chi connectivity index (χ1) is 9.19. The number of aromatic nitrogens is 1. The van der Waals surface area contributed by atoms with Crippen LogP contribution in [0.15, 0.2) is 29.4 Å². The summed E-state index contributed by atoms with van der Waals surface area (Å²) in [6, 6.07) is 11.3. The molecular weight excluding hydrogens is 238 g/mol. The molecule has 0 saturated carbocycles. The molecule has 1 N–H and O–H groups in total. The van der Waals surface area contributed by atoms with Crippen LogP contribution in [0.25, 0.3) is 10.9 Å². The number of anilines is 1. The van der Waals surface area contributed by atoms with Gasteiger partial charge in [-0.25, -0.2) is 0 Å². The molecule has 94 valence electrons. The Balaban J connectivity index is 2.36. The normalized spacial score (nSPS) is 9.68. The zero-order chi connectivity index (χ0) is 13.8. The summed E-state index contributed by atoms with van der Waals surface area (Å²) in [6.45, 7) is 5.10. The van der Waals surface area contributed by atoms with Gasteiger partial charge >= 0.3 is 0 Å². The number of hydrogen-bond donors (Lipinski definition) is 1. The molecule has 0 unspecified atom stereocenters. The number of rotatable bonds is 3. The highest BCUT2D eigenvalue weighted by Gasteiger charge is 2.04. The summed E-state index contributed by atoms with van der Waals surface area (Å²) in [4.78, 5) is 0. The molecule has 1 aromatic carbocycles. The fourth-order valence-corrected chi connectivity index (χ4v) is 2.09. The SMILES string of the molecule is CCn1c(C)cc2cc(NN=C(C#N)C#N)ccc21. The molecule has 2 aromatic rings. The third kappa shape index (κ3) is 2.41. The molecule has 0 saturated heterocycles. The van der Waals surface area contributed by atoms with Crippen LogP contribution >= 0.6 is 0 Å². The smallest absolute Gasteiger partial charge is 0.237 e. The molecule has 0 aliphatic rings. The van der Waals surface area contributed by atoms with Crippen molar-refractivity contribution < 1.29 is 0 Å². The first-order valence-electron chi connectivity index (χ1n) is 5.93. The molecule has 0 aliphatic carbocycles. The van der Waals surface area contributed by atoms with Crippen molar-refractivity contribution in [2.75, 3.05) is 5.43 Å². The fraction of sp³-hybridized carbons (Fsp3) is 0.214. The summed E-state index contributed by atoms with van der Waals surface area (Å²) in [5, 5.41) is 22.0. The maximum Gasteiger partial charge on any atom is 0.237 e. The van der Waals surface area contributed by atoms with Gasteiger partial charge in [0.2, 0.25) is 5.71 Å². The van der Waals surface area contributed by atoms with E-state index in [1.807, 2.05) is 18.2 Å². The standard InChI is InChI=1S/C14H13N5/c1-3-19-10(2)6-11-7-12(4-5-14(11)19)17-18-13(8-15)9-16/h4-7,17H,3H2,1-2H3. The maximum absolute atomic E-state index is 8.60. The van der Waals surface area contributed by atoms with Crippen LogP contribution in [0.2, 0.25) is 0 Å². The molecule has 0 spiro atoms. The third-order valence-corrected chi connectivity index (χ3v) is 2.93. The van der Waals surface area contributed by atoms with Gasteiger partial charge in [0.1, 0.15) is 12.1 Å². The van der Waals surface area contributed by atoms with Crippen molar-refractivity contribution in [1.29, 1.82) is 10.5 Å². The zero-order valence-electron chi connectivity index (χ0n) is 10.8. The molecule has 5 heteroatoms. The summed E-state index contributed by atoms with van der Waals surface area (Å²) in [5.74, 6) is 0. The van der Waals surface area contributed by atoms with Crippen LogP contribution in [-0.4, -0.2) is 10.3 Å². The minimum absolute atomic E-state index is 0.192. The first-order valence-corrected chi connectivity index (χ1v) is 5.93. The van der Waals surface area contributed by atoms with Crippen LogP contribution in [0.5, 0.6) is 0 Å². The van der Waals surface area contributed by atoms with Gasteiger partial charge in [0.25, 0.3) is 0 Å². The van der Waals surface area contributed by atoms with Crippen LogP contribution in [0.4, 0.5) is 5.69 Å². The topological polar surface area (TPSA) is 76.9 Å². The third-order valence-electron chi connectivity index (χ3n) is 2.93. The lowest BCUT2D eigenvalue weighted by Crippen LogP contribution is -1.97. The Labute approximate surface area is 111 Å². The Hall–Kier alpha value is -2.79. The highest BCUT2D eigenvalue weighted by atomic mass is 15.3. The second-order valence-electron chi connectivity index (χ2n) is 4.10. The molecule has 5 nitrogen and oxygen atoms in total. The predicted molar refractivity (Wildman–Crippen MR) is 74.6 cm³/mol. The molecule has 1 aromatic heterocycles. The zero-order valence-corrected chi connectivity index (χ0v) is 10.8. The van der Waals surface area contributed by atoms with Gasteiger partial charge < -0.3 is 4.57 Å². The van der Waals surface area contributed by atoms with E-state index in [2.05, 4.69) is 35.0 Å². The van der Waals surface area contributed by atoms with E-state index in [9.17, 15) is 0 Å². The number of nitriles is 2. The molecule has 1 heterocycles. The Morgan fingerprint density at radius 2 is 2.05 bits per heavy atom. The second kappa shape index (κ2) is 5.24. The lowest BCUT2D eigenvalue weighted by Gasteiger charge is -2.04. The summed E-state index contributed by atoms with van der Waals surface area (Å²) in [7, 11) is 0. The van der Waals surface area contributed by atoms with Crippen molar-refractivity contribution in [3.63, 3.8) is 0 Å². The van der Waals surface area contributed by atoms with E-state index in [-0.39, 0.29) is 5.71 Å². The van der Waals surface area contributed by atoms with E-state index < -0.39 is 0 Å². The van der Waals surface area contributed by atoms with Crippen LogP contribution in [0.3, 0.4) is 0 Å². The summed E-state index contributed by atoms with van der Waals surface area (Å²) in [5.41, 5.74) is 5.64. The molecule has 0 bridgehead atoms. The highest BCUT2D eigenvalue weighted by Crippen LogP contribution is 2.23. The van der Waals surface area contributed by atoms with Gasteiger partial charge in [-0.2, -0.15) is 15.6 Å². The molecule has 0 atom stereocenters. The first kappa shape index (κ1) is 12.7. The van der Waals surface area contributed by atoms with Crippen LogP contribution in [0.1, 0.15) is 12.6 Å². The summed E-state index contributed by atoms with van der Waals surface area (Å²) in [6.07, 6.45) is 0. The maximum atomic E-state index is 8.60. The van der Waals surface area contributed by atoms with Gasteiger partial charge in [-0.05, 0) is 38.1 Å². The van der Waals surface area contributed by atoms with Crippen molar-refractivity contribution in [3.8, 4) is 12.1 Å². The van der Waals surface area contributed by atoms with E-state index in [4.69, 9.17) is 10.5 Å². The van der Waals surface area contributed by atoms with Gasteiger partial charge in [0, 0.05) is 23.1 Å². The molecule has 0 radical (unpaired) electrons. The number of fused-ring (bicyclic) bond motifs is 1.